The van der Waals surface area contributed by atoms with Crippen molar-refractivity contribution in [1.29, 1.82) is 0 Å². The van der Waals surface area contributed by atoms with E-state index in [4.69, 9.17) is 15.9 Å². The SMILES string of the molecule is C#CCOc1ccc(C=C2SC(=O)N(Cc3ccccc3)C2=O)cc1OC. The Kier molecular flexibility index (Phi) is 5.84. The van der Waals surface area contributed by atoms with Crippen LogP contribution in [0.15, 0.2) is 53.4 Å². The molecule has 6 heteroatoms. The first kappa shape index (κ1) is 18.6. The number of nitrogens with zero attached hydrogens (tertiary/aromatic N) is 1. The Hall–Kier alpha value is -3.17. The molecule has 1 fully saturated rings. The molecule has 1 heterocycles. The topological polar surface area (TPSA) is 55.8 Å². The van der Waals surface area contributed by atoms with Crippen LogP contribution in [0.4, 0.5) is 4.79 Å². The fraction of sp³-hybridized carbons (Fsp3) is 0.143. The van der Waals surface area contributed by atoms with Crippen molar-refractivity contribution in [2.24, 2.45) is 0 Å². The third-order valence-corrected chi connectivity index (χ3v) is 4.76. The van der Waals surface area contributed by atoms with Gasteiger partial charge in [0, 0.05) is 0 Å². The minimum absolute atomic E-state index is 0.133. The Bertz CT molecular complexity index is 931. The van der Waals surface area contributed by atoms with Crippen LogP contribution in [0, 0.1) is 12.3 Å². The maximum absolute atomic E-state index is 12.6. The predicted molar refractivity (Wildman–Crippen MR) is 105 cm³/mol. The molecule has 0 aliphatic carbocycles. The molecule has 2 aromatic rings. The molecule has 3 rings (SSSR count). The second-order valence-electron chi connectivity index (χ2n) is 5.66. The molecular formula is C21H17NO4S. The smallest absolute Gasteiger partial charge is 0.293 e. The van der Waals surface area contributed by atoms with Crippen LogP contribution in [0.2, 0.25) is 0 Å². The maximum Gasteiger partial charge on any atom is 0.293 e. The van der Waals surface area contributed by atoms with Gasteiger partial charge >= 0.3 is 0 Å². The van der Waals surface area contributed by atoms with Gasteiger partial charge in [-0.25, -0.2) is 0 Å². The van der Waals surface area contributed by atoms with Crippen LogP contribution in [0.3, 0.4) is 0 Å². The zero-order valence-electron chi connectivity index (χ0n) is 14.7. The highest BCUT2D eigenvalue weighted by molar-refractivity contribution is 8.18. The molecule has 2 amide bonds. The Morgan fingerprint density at radius 2 is 1.93 bits per heavy atom. The van der Waals surface area contributed by atoms with Gasteiger partial charge in [-0.2, -0.15) is 0 Å². The van der Waals surface area contributed by atoms with Gasteiger partial charge in [-0.05, 0) is 41.1 Å². The van der Waals surface area contributed by atoms with E-state index in [-0.39, 0.29) is 24.3 Å². The summed E-state index contributed by atoms with van der Waals surface area (Å²) in [4.78, 5) is 26.5. The molecule has 0 aromatic heterocycles. The number of terminal acetylenes is 1. The monoisotopic (exact) mass is 379 g/mol. The van der Waals surface area contributed by atoms with Crippen LogP contribution in [0.5, 0.6) is 11.5 Å². The molecule has 0 bridgehead atoms. The summed E-state index contributed by atoms with van der Waals surface area (Å²) in [5.41, 5.74) is 1.63. The summed E-state index contributed by atoms with van der Waals surface area (Å²) in [5, 5.41) is -0.281. The average molecular weight is 379 g/mol. The number of imide groups is 1. The number of rotatable bonds is 6. The number of benzene rings is 2. The van der Waals surface area contributed by atoms with Crippen LogP contribution >= 0.6 is 11.8 Å². The summed E-state index contributed by atoms with van der Waals surface area (Å²) in [6, 6.07) is 14.6. The van der Waals surface area contributed by atoms with Crippen molar-refractivity contribution < 1.29 is 19.1 Å². The van der Waals surface area contributed by atoms with Crippen molar-refractivity contribution >= 4 is 29.0 Å². The molecule has 0 saturated carbocycles. The molecule has 5 nitrogen and oxygen atoms in total. The lowest BCUT2D eigenvalue weighted by Gasteiger charge is -2.12. The van der Waals surface area contributed by atoms with Crippen molar-refractivity contribution in [2.45, 2.75) is 6.54 Å². The zero-order valence-corrected chi connectivity index (χ0v) is 15.5. The Morgan fingerprint density at radius 3 is 2.63 bits per heavy atom. The van der Waals surface area contributed by atoms with Crippen LogP contribution < -0.4 is 9.47 Å². The van der Waals surface area contributed by atoms with Gasteiger partial charge in [0.05, 0.1) is 18.6 Å². The third kappa shape index (κ3) is 4.33. The molecule has 0 spiro atoms. The first-order valence-corrected chi connectivity index (χ1v) is 8.97. The quantitative estimate of drug-likeness (QED) is 0.562. The van der Waals surface area contributed by atoms with E-state index in [0.717, 1.165) is 22.9 Å². The average Bonchev–Trinajstić information content (AvgIpc) is 2.95. The molecule has 1 aliphatic rings. The maximum atomic E-state index is 12.6. The Balaban J connectivity index is 1.80. The number of methoxy groups -OCH3 is 1. The van der Waals surface area contributed by atoms with Gasteiger partial charge in [-0.1, -0.05) is 42.3 Å². The molecule has 1 saturated heterocycles. The number of amides is 2. The summed E-state index contributed by atoms with van der Waals surface area (Å²) in [6.45, 7) is 0.388. The second-order valence-corrected chi connectivity index (χ2v) is 6.65. The standard InChI is InChI=1S/C21H17NO4S/c1-3-11-26-17-10-9-16(12-18(17)25-2)13-19-20(23)22(21(24)27-19)14-15-7-5-4-6-8-15/h1,4-10,12-13H,11,14H2,2H3. The van der Waals surface area contributed by atoms with Gasteiger partial charge < -0.3 is 9.47 Å². The predicted octanol–water partition coefficient (Wildman–Crippen LogP) is 3.94. The van der Waals surface area contributed by atoms with Crippen molar-refractivity contribution in [2.75, 3.05) is 13.7 Å². The molecule has 136 valence electrons. The number of hydrogen-bond donors (Lipinski definition) is 0. The second kappa shape index (κ2) is 8.47. The van der Waals surface area contributed by atoms with Crippen molar-refractivity contribution in [3.63, 3.8) is 0 Å². The molecular weight excluding hydrogens is 362 g/mol. The first-order chi connectivity index (χ1) is 13.1. The number of carbonyl (C=O) groups is 2. The largest absolute Gasteiger partial charge is 0.493 e. The van der Waals surface area contributed by atoms with Gasteiger partial charge in [0.2, 0.25) is 0 Å². The Morgan fingerprint density at radius 1 is 1.15 bits per heavy atom. The number of hydrogen-bond acceptors (Lipinski definition) is 5. The highest BCUT2D eigenvalue weighted by atomic mass is 32.2. The molecule has 1 aliphatic heterocycles. The Labute approximate surface area is 162 Å². The summed E-state index contributed by atoms with van der Waals surface area (Å²) in [7, 11) is 1.52. The van der Waals surface area contributed by atoms with E-state index < -0.39 is 0 Å². The van der Waals surface area contributed by atoms with E-state index in [1.54, 1.807) is 24.3 Å². The lowest BCUT2D eigenvalue weighted by molar-refractivity contribution is -0.123. The fourth-order valence-corrected chi connectivity index (χ4v) is 3.40. The van der Waals surface area contributed by atoms with E-state index in [2.05, 4.69) is 5.92 Å². The van der Waals surface area contributed by atoms with E-state index in [9.17, 15) is 9.59 Å². The van der Waals surface area contributed by atoms with Crippen LogP contribution in [-0.2, 0) is 11.3 Å². The third-order valence-electron chi connectivity index (χ3n) is 3.85. The lowest BCUT2D eigenvalue weighted by Crippen LogP contribution is -2.27. The van der Waals surface area contributed by atoms with Gasteiger partial charge in [-0.3, -0.25) is 14.5 Å². The van der Waals surface area contributed by atoms with Gasteiger partial charge in [0.25, 0.3) is 11.1 Å². The van der Waals surface area contributed by atoms with Crippen molar-refractivity contribution in [3.8, 4) is 23.8 Å². The number of ether oxygens (including phenoxy) is 2. The molecule has 0 unspecified atom stereocenters. The van der Waals surface area contributed by atoms with Crippen molar-refractivity contribution in [3.05, 3.63) is 64.6 Å². The van der Waals surface area contributed by atoms with E-state index in [1.807, 2.05) is 30.3 Å². The minimum atomic E-state index is -0.305. The lowest BCUT2D eigenvalue weighted by atomic mass is 10.1. The minimum Gasteiger partial charge on any atom is -0.493 e. The van der Waals surface area contributed by atoms with Crippen LogP contribution in [0.1, 0.15) is 11.1 Å². The van der Waals surface area contributed by atoms with Crippen molar-refractivity contribution in [1.82, 2.24) is 4.90 Å². The van der Waals surface area contributed by atoms with Crippen LogP contribution in [0.25, 0.3) is 6.08 Å². The summed E-state index contributed by atoms with van der Waals surface area (Å²) in [5.74, 6) is 3.11. The first-order valence-electron chi connectivity index (χ1n) is 8.16. The summed E-state index contributed by atoms with van der Waals surface area (Å²) in [6.07, 6.45) is 6.87. The van der Waals surface area contributed by atoms with E-state index in [1.165, 1.54) is 12.0 Å². The van der Waals surface area contributed by atoms with Gasteiger partial charge in [0.15, 0.2) is 11.5 Å². The van der Waals surface area contributed by atoms with E-state index >= 15 is 0 Å². The summed E-state index contributed by atoms with van der Waals surface area (Å²) >= 11 is 0.927. The molecule has 0 atom stereocenters. The normalized spacial score (nSPS) is 15.1. The zero-order chi connectivity index (χ0) is 19.2. The summed E-state index contributed by atoms with van der Waals surface area (Å²) < 4.78 is 10.7. The molecule has 27 heavy (non-hydrogen) atoms. The van der Waals surface area contributed by atoms with Gasteiger partial charge in [0.1, 0.15) is 6.61 Å². The highest BCUT2D eigenvalue weighted by Crippen LogP contribution is 2.35. The highest BCUT2D eigenvalue weighted by Gasteiger charge is 2.34. The number of thioether (sulfide) groups is 1. The molecule has 0 N–H and O–H groups in total. The molecule has 0 radical (unpaired) electrons. The molecule has 2 aromatic carbocycles. The van der Waals surface area contributed by atoms with E-state index in [0.29, 0.717) is 16.4 Å². The van der Waals surface area contributed by atoms with Gasteiger partial charge in [-0.15, -0.1) is 6.42 Å². The fourth-order valence-electron chi connectivity index (χ4n) is 2.57. The van der Waals surface area contributed by atoms with Crippen LogP contribution in [-0.4, -0.2) is 29.8 Å². The number of carbonyl (C=O) groups excluding carboxylic acids is 2.